The van der Waals surface area contributed by atoms with E-state index in [-0.39, 0.29) is 18.3 Å². The molecule has 1 aliphatic rings. The second kappa shape index (κ2) is 9.98. The van der Waals surface area contributed by atoms with Crippen LogP contribution in [0.5, 0.6) is 0 Å². The summed E-state index contributed by atoms with van der Waals surface area (Å²) in [5, 5.41) is 3.63. The summed E-state index contributed by atoms with van der Waals surface area (Å²) < 4.78 is 0. The van der Waals surface area contributed by atoms with Crippen molar-refractivity contribution in [3.05, 3.63) is 29.3 Å². The van der Waals surface area contributed by atoms with Crippen LogP contribution in [0.2, 0.25) is 5.02 Å². The van der Waals surface area contributed by atoms with Gasteiger partial charge in [0.1, 0.15) is 0 Å². The van der Waals surface area contributed by atoms with Gasteiger partial charge in [-0.3, -0.25) is 9.69 Å². The Balaban J connectivity index is 0.00000264. The molecule has 1 unspecified atom stereocenters. The molecule has 1 saturated heterocycles. The van der Waals surface area contributed by atoms with Crippen molar-refractivity contribution in [1.29, 1.82) is 0 Å². The summed E-state index contributed by atoms with van der Waals surface area (Å²) in [5.41, 5.74) is 6.70. The number of rotatable bonds is 6. The first-order valence-electron chi connectivity index (χ1n) is 7.82. The summed E-state index contributed by atoms with van der Waals surface area (Å²) >= 11 is 6.04. The highest BCUT2D eigenvalue weighted by Crippen LogP contribution is 2.20. The van der Waals surface area contributed by atoms with Crippen molar-refractivity contribution in [3.8, 4) is 0 Å². The monoisotopic (exact) mass is 360 g/mol. The third-order valence-electron chi connectivity index (χ3n) is 3.91. The van der Waals surface area contributed by atoms with Crippen molar-refractivity contribution >= 4 is 35.6 Å². The van der Waals surface area contributed by atoms with E-state index in [2.05, 4.69) is 21.2 Å². The largest absolute Gasteiger partial charge is 0.369 e. The number of nitrogens with one attached hydrogen (secondary N) is 1. The molecule has 23 heavy (non-hydrogen) atoms. The van der Waals surface area contributed by atoms with Gasteiger partial charge in [-0.2, -0.15) is 0 Å². The molecule has 1 fully saturated rings. The average Bonchev–Trinajstić information content (AvgIpc) is 2.52. The van der Waals surface area contributed by atoms with Gasteiger partial charge in [0.25, 0.3) is 0 Å². The van der Waals surface area contributed by atoms with E-state index in [1.807, 2.05) is 18.2 Å². The Morgan fingerprint density at radius 3 is 2.65 bits per heavy atom. The average molecular weight is 361 g/mol. The lowest BCUT2D eigenvalue weighted by Crippen LogP contribution is -2.47. The van der Waals surface area contributed by atoms with Crippen molar-refractivity contribution in [2.45, 2.75) is 19.4 Å². The highest BCUT2D eigenvalue weighted by molar-refractivity contribution is 6.30. The number of hydrogen-bond donors (Lipinski definition) is 2. The van der Waals surface area contributed by atoms with Crippen LogP contribution in [0.15, 0.2) is 24.3 Å². The Bertz CT molecular complexity index is 491. The number of benzene rings is 1. The van der Waals surface area contributed by atoms with Crippen LogP contribution in [0.25, 0.3) is 0 Å². The number of halogens is 2. The summed E-state index contributed by atoms with van der Waals surface area (Å²) in [6.45, 7) is 7.47. The number of anilines is 1. The van der Waals surface area contributed by atoms with Crippen LogP contribution >= 0.6 is 24.0 Å². The molecule has 1 aromatic rings. The number of amides is 1. The Labute approximate surface area is 149 Å². The molecular formula is C16H26Cl2N4O. The summed E-state index contributed by atoms with van der Waals surface area (Å²) in [7, 11) is 0. The van der Waals surface area contributed by atoms with E-state index in [1.165, 1.54) is 5.69 Å². The molecule has 1 heterocycles. The molecule has 0 aromatic heterocycles. The van der Waals surface area contributed by atoms with Gasteiger partial charge in [-0.05, 0) is 38.1 Å². The summed E-state index contributed by atoms with van der Waals surface area (Å²) in [6.07, 6.45) is 0.954. The molecule has 3 N–H and O–H groups in total. The van der Waals surface area contributed by atoms with Crippen molar-refractivity contribution in [1.82, 2.24) is 10.2 Å². The fourth-order valence-corrected chi connectivity index (χ4v) is 2.76. The Kier molecular flexibility index (Phi) is 8.69. The van der Waals surface area contributed by atoms with Crippen molar-refractivity contribution < 1.29 is 4.79 Å². The van der Waals surface area contributed by atoms with Gasteiger partial charge in [0.2, 0.25) is 5.91 Å². The smallest absolute Gasteiger partial charge is 0.236 e. The molecule has 1 aromatic carbocycles. The van der Waals surface area contributed by atoms with Crippen molar-refractivity contribution in [2.24, 2.45) is 5.73 Å². The molecule has 5 nitrogen and oxygen atoms in total. The number of piperazine rings is 1. The Morgan fingerprint density at radius 1 is 1.35 bits per heavy atom. The minimum atomic E-state index is -0.429. The maximum absolute atomic E-state index is 11.4. The second-order valence-corrected chi connectivity index (χ2v) is 6.18. The van der Waals surface area contributed by atoms with Gasteiger partial charge in [-0.1, -0.05) is 17.7 Å². The van der Waals surface area contributed by atoms with Crippen LogP contribution in [0.4, 0.5) is 5.69 Å². The van der Waals surface area contributed by atoms with Crippen LogP contribution in [0, 0.1) is 0 Å². The zero-order chi connectivity index (χ0) is 15.9. The Hall–Kier alpha value is -1.01. The van der Waals surface area contributed by atoms with Crippen molar-refractivity contribution in [2.75, 3.05) is 44.2 Å². The van der Waals surface area contributed by atoms with Crippen LogP contribution in [-0.4, -0.2) is 56.1 Å². The van der Waals surface area contributed by atoms with Gasteiger partial charge >= 0.3 is 0 Å². The number of nitrogens with zero attached hydrogens (tertiary/aromatic N) is 2. The number of carbonyl (C=O) groups excluding carboxylic acids is 1. The van der Waals surface area contributed by atoms with E-state index in [9.17, 15) is 4.79 Å². The van der Waals surface area contributed by atoms with E-state index in [4.69, 9.17) is 17.3 Å². The molecule has 1 amide bonds. The standard InChI is InChI=1S/C16H25ClN4O.ClH/c1-13(18)16(22)19-6-3-7-20-8-10-21(11-9-20)15-5-2-4-14(17)12-15;/h2,4-5,12-13H,3,6-11,18H2,1H3,(H,19,22);1H. The number of hydrogen-bond acceptors (Lipinski definition) is 4. The van der Waals surface area contributed by atoms with E-state index < -0.39 is 6.04 Å². The van der Waals surface area contributed by atoms with E-state index >= 15 is 0 Å². The molecule has 0 bridgehead atoms. The SMILES string of the molecule is CC(N)C(=O)NCCCN1CCN(c2cccc(Cl)c2)CC1.Cl. The van der Waals surface area contributed by atoms with Gasteiger partial charge in [-0.15, -0.1) is 12.4 Å². The van der Waals surface area contributed by atoms with Gasteiger partial charge in [0.15, 0.2) is 0 Å². The third kappa shape index (κ3) is 6.55. The lowest BCUT2D eigenvalue weighted by atomic mass is 10.2. The molecule has 1 aliphatic heterocycles. The molecule has 0 radical (unpaired) electrons. The number of nitrogens with two attached hydrogens (primary N) is 1. The zero-order valence-corrected chi connectivity index (χ0v) is 15.1. The maximum Gasteiger partial charge on any atom is 0.236 e. The lowest BCUT2D eigenvalue weighted by Gasteiger charge is -2.36. The van der Waals surface area contributed by atoms with Gasteiger partial charge < -0.3 is 16.0 Å². The maximum atomic E-state index is 11.4. The normalized spacial score (nSPS) is 16.6. The molecule has 7 heteroatoms. The fourth-order valence-electron chi connectivity index (χ4n) is 2.58. The predicted molar refractivity (Wildman–Crippen MR) is 98.6 cm³/mol. The van der Waals surface area contributed by atoms with E-state index in [1.54, 1.807) is 6.92 Å². The molecule has 0 spiro atoms. The first-order chi connectivity index (χ1) is 10.6. The third-order valence-corrected chi connectivity index (χ3v) is 4.14. The molecule has 130 valence electrons. The zero-order valence-electron chi connectivity index (χ0n) is 13.5. The molecule has 0 saturated carbocycles. The number of carbonyl (C=O) groups is 1. The van der Waals surface area contributed by atoms with Crippen LogP contribution in [0.3, 0.4) is 0 Å². The van der Waals surface area contributed by atoms with E-state index in [0.29, 0.717) is 6.54 Å². The Morgan fingerprint density at radius 2 is 2.04 bits per heavy atom. The van der Waals surface area contributed by atoms with Crippen LogP contribution in [-0.2, 0) is 4.79 Å². The van der Waals surface area contributed by atoms with Crippen LogP contribution in [0.1, 0.15) is 13.3 Å². The minimum absolute atomic E-state index is 0. The predicted octanol–water partition coefficient (Wildman–Crippen LogP) is 1.74. The second-order valence-electron chi connectivity index (χ2n) is 5.74. The molecule has 1 atom stereocenters. The summed E-state index contributed by atoms with van der Waals surface area (Å²) in [4.78, 5) is 16.1. The first kappa shape index (κ1) is 20.0. The van der Waals surface area contributed by atoms with Crippen LogP contribution < -0.4 is 16.0 Å². The topological polar surface area (TPSA) is 61.6 Å². The lowest BCUT2D eigenvalue weighted by molar-refractivity contribution is -0.121. The highest BCUT2D eigenvalue weighted by atomic mass is 35.5. The molecule has 0 aliphatic carbocycles. The summed E-state index contributed by atoms with van der Waals surface area (Å²) in [5.74, 6) is -0.0780. The van der Waals surface area contributed by atoms with Crippen molar-refractivity contribution in [3.63, 3.8) is 0 Å². The van der Waals surface area contributed by atoms with E-state index in [0.717, 1.165) is 44.2 Å². The fraction of sp³-hybridized carbons (Fsp3) is 0.562. The quantitative estimate of drug-likeness (QED) is 0.758. The van der Waals surface area contributed by atoms with Gasteiger partial charge in [0, 0.05) is 43.4 Å². The first-order valence-corrected chi connectivity index (χ1v) is 8.20. The molecule has 2 rings (SSSR count). The van der Waals surface area contributed by atoms with Gasteiger partial charge in [-0.25, -0.2) is 0 Å². The molecular weight excluding hydrogens is 335 g/mol. The minimum Gasteiger partial charge on any atom is -0.369 e. The highest BCUT2D eigenvalue weighted by Gasteiger charge is 2.17. The van der Waals surface area contributed by atoms with Gasteiger partial charge in [0.05, 0.1) is 6.04 Å². The summed E-state index contributed by atoms with van der Waals surface area (Å²) in [6, 6.07) is 7.58.